The molecule has 2 rings (SSSR count). The van der Waals surface area contributed by atoms with Crippen molar-refractivity contribution in [1.29, 1.82) is 0 Å². The average molecular weight is 249 g/mol. The molecule has 0 unspecified atom stereocenters. The van der Waals surface area contributed by atoms with Crippen LogP contribution < -0.4 is 5.32 Å². The summed E-state index contributed by atoms with van der Waals surface area (Å²) in [6, 6.07) is 8.56. The lowest BCUT2D eigenvalue weighted by atomic mass is 10.2. The van der Waals surface area contributed by atoms with Crippen molar-refractivity contribution in [3.05, 3.63) is 48.7 Å². The van der Waals surface area contributed by atoms with Gasteiger partial charge in [0.15, 0.2) is 0 Å². The van der Waals surface area contributed by atoms with Gasteiger partial charge in [-0.05, 0) is 18.6 Å². The molecule has 1 aromatic carbocycles. The summed E-state index contributed by atoms with van der Waals surface area (Å²) in [5.41, 5.74) is 0.444. The van der Waals surface area contributed by atoms with Gasteiger partial charge in [0.05, 0.1) is 5.56 Å². The zero-order valence-electron chi connectivity index (χ0n) is 9.93. The van der Waals surface area contributed by atoms with Crippen molar-refractivity contribution in [2.24, 2.45) is 0 Å². The molecule has 0 saturated carbocycles. The van der Waals surface area contributed by atoms with E-state index in [1.54, 1.807) is 24.3 Å². The lowest BCUT2D eigenvalue weighted by Gasteiger charge is -1.98. The molecule has 1 amide bonds. The average Bonchev–Trinajstić information content (AvgIpc) is 2.89. The summed E-state index contributed by atoms with van der Waals surface area (Å²) in [6.07, 6.45) is 2.81. The van der Waals surface area contributed by atoms with E-state index >= 15 is 0 Å². The standard InChI is InChI=1S/C9H8O3.C4H7NO/c1-2-11-12-9(10)8-6-4-3-5-7-8;6-4-2-1-3-5-4/h2-7H,1H2;1-3H2,(H,5,6). The Balaban J connectivity index is 0.000000225. The van der Waals surface area contributed by atoms with Gasteiger partial charge in [0.2, 0.25) is 5.91 Å². The smallest absolute Gasteiger partial charge is 0.356 e. The maximum atomic E-state index is 11.0. The number of hydrogen-bond donors (Lipinski definition) is 1. The predicted octanol–water partition coefficient (Wildman–Crippen LogP) is 1.81. The van der Waals surface area contributed by atoms with Crippen LogP contribution in [0.4, 0.5) is 0 Å². The summed E-state index contributed by atoms with van der Waals surface area (Å²) in [4.78, 5) is 29.7. The third kappa shape index (κ3) is 5.16. The van der Waals surface area contributed by atoms with Crippen LogP contribution in [0.25, 0.3) is 0 Å². The molecule has 0 spiro atoms. The molecule has 1 N–H and O–H groups in total. The topological polar surface area (TPSA) is 64.6 Å². The molecular formula is C13H15NO4. The van der Waals surface area contributed by atoms with Gasteiger partial charge < -0.3 is 5.32 Å². The first kappa shape index (κ1) is 13.8. The highest BCUT2D eigenvalue weighted by Gasteiger charge is 2.06. The maximum absolute atomic E-state index is 11.0. The molecule has 5 heteroatoms. The molecule has 5 nitrogen and oxygen atoms in total. The molecule has 0 atom stereocenters. The summed E-state index contributed by atoms with van der Waals surface area (Å²) in [5, 5.41) is 2.68. The van der Waals surface area contributed by atoms with Crippen LogP contribution in [-0.2, 0) is 14.6 Å². The summed E-state index contributed by atoms with van der Waals surface area (Å²) in [5.74, 6) is -0.328. The van der Waals surface area contributed by atoms with Crippen molar-refractivity contribution < 1.29 is 19.4 Å². The second-order valence-corrected chi connectivity index (χ2v) is 3.45. The van der Waals surface area contributed by atoms with Crippen LogP contribution >= 0.6 is 0 Å². The van der Waals surface area contributed by atoms with Crippen molar-refractivity contribution in [2.45, 2.75) is 12.8 Å². The Morgan fingerprint density at radius 3 is 2.50 bits per heavy atom. The summed E-state index contributed by atoms with van der Waals surface area (Å²) in [7, 11) is 0. The Kier molecular flexibility index (Phi) is 6.03. The fraction of sp³-hybridized carbons (Fsp3) is 0.231. The van der Waals surface area contributed by atoms with Crippen molar-refractivity contribution in [3.8, 4) is 0 Å². The minimum Gasteiger partial charge on any atom is -0.356 e. The van der Waals surface area contributed by atoms with Crippen molar-refractivity contribution in [3.63, 3.8) is 0 Å². The third-order valence-corrected chi connectivity index (χ3v) is 2.10. The second kappa shape index (κ2) is 7.89. The van der Waals surface area contributed by atoms with Crippen molar-refractivity contribution in [1.82, 2.24) is 5.32 Å². The number of carbonyl (C=O) groups is 2. The number of amides is 1. The van der Waals surface area contributed by atoms with E-state index in [0.29, 0.717) is 5.56 Å². The Labute approximate surface area is 105 Å². The number of nitrogens with one attached hydrogen (secondary N) is 1. The number of carbonyl (C=O) groups excluding carboxylic acids is 2. The SMILES string of the molecule is C=COOC(=O)c1ccccc1.O=C1CCCN1. The monoisotopic (exact) mass is 249 g/mol. The molecule has 1 heterocycles. The number of rotatable bonds is 3. The van der Waals surface area contributed by atoms with Crippen LogP contribution in [0.15, 0.2) is 43.2 Å². The lowest BCUT2D eigenvalue weighted by Crippen LogP contribution is -2.12. The molecule has 0 aromatic heterocycles. The van der Waals surface area contributed by atoms with E-state index in [1.807, 2.05) is 6.07 Å². The third-order valence-electron chi connectivity index (χ3n) is 2.10. The highest BCUT2D eigenvalue weighted by atomic mass is 17.2. The van der Waals surface area contributed by atoms with Crippen molar-refractivity contribution in [2.75, 3.05) is 6.54 Å². The molecule has 1 aromatic rings. The largest absolute Gasteiger partial charge is 0.386 e. The molecule has 1 saturated heterocycles. The summed E-state index contributed by atoms with van der Waals surface area (Å²) < 4.78 is 0. The van der Waals surface area contributed by atoms with Gasteiger partial charge in [0.1, 0.15) is 6.26 Å². The fourth-order valence-corrected chi connectivity index (χ4v) is 1.27. The molecule has 1 aliphatic heterocycles. The van der Waals surface area contributed by atoms with Gasteiger partial charge in [-0.3, -0.25) is 9.68 Å². The lowest BCUT2D eigenvalue weighted by molar-refractivity contribution is -0.190. The van der Waals surface area contributed by atoms with Crippen LogP contribution in [-0.4, -0.2) is 18.4 Å². The predicted molar refractivity (Wildman–Crippen MR) is 65.4 cm³/mol. The quantitative estimate of drug-likeness (QED) is 0.504. The van der Waals surface area contributed by atoms with E-state index in [-0.39, 0.29) is 5.91 Å². The van der Waals surface area contributed by atoms with Crippen molar-refractivity contribution >= 4 is 11.9 Å². The Bertz CT molecular complexity index is 395. The van der Waals surface area contributed by atoms with Gasteiger partial charge in [-0.25, -0.2) is 9.68 Å². The van der Waals surface area contributed by atoms with Crippen LogP contribution in [0.1, 0.15) is 23.2 Å². The zero-order chi connectivity index (χ0) is 13.2. The number of hydrogen-bond acceptors (Lipinski definition) is 4. The molecule has 0 aliphatic carbocycles. The molecular weight excluding hydrogens is 234 g/mol. The maximum Gasteiger partial charge on any atom is 0.386 e. The molecule has 0 radical (unpaired) electrons. The van der Waals surface area contributed by atoms with Gasteiger partial charge >= 0.3 is 5.97 Å². The highest BCUT2D eigenvalue weighted by molar-refractivity contribution is 5.88. The molecule has 18 heavy (non-hydrogen) atoms. The zero-order valence-corrected chi connectivity index (χ0v) is 9.93. The Morgan fingerprint density at radius 1 is 1.33 bits per heavy atom. The first-order chi connectivity index (χ1) is 8.74. The van der Waals surface area contributed by atoms with E-state index < -0.39 is 5.97 Å². The van der Waals surface area contributed by atoms with E-state index in [9.17, 15) is 9.59 Å². The minimum absolute atomic E-state index is 0.204. The van der Waals surface area contributed by atoms with Crippen LogP contribution in [0.3, 0.4) is 0 Å². The van der Waals surface area contributed by atoms with Crippen LogP contribution in [0.5, 0.6) is 0 Å². The second-order valence-electron chi connectivity index (χ2n) is 3.45. The van der Waals surface area contributed by atoms with E-state index in [4.69, 9.17) is 0 Å². The van der Waals surface area contributed by atoms with E-state index in [2.05, 4.69) is 21.7 Å². The summed E-state index contributed by atoms with van der Waals surface area (Å²) in [6.45, 7) is 4.11. The first-order valence-corrected chi connectivity index (χ1v) is 5.54. The van der Waals surface area contributed by atoms with Gasteiger partial charge in [-0.1, -0.05) is 24.8 Å². The Hall–Kier alpha value is -2.30. The molecule has 96 valence electrons. The summed E-state index contributed by atoms with van der Waals surface area (Å²) >= 11 is 0. The molecule has 1 aliphatic rings. The fourth-order valence-electron chi connectivity index (χ4n) is 1.27. The van der Waals surface area contributed by atoms with Crippen LogP contribution in [0, 0.1) is 0 Å². The van der Waals surface area contributed by atoms with E-state index in [1.165, 1.54) is 0 Å². The van der Waals surface area contributed by atoms with E-state index in [0.717, 1.165) is 25.6 Å². The molecule has 0 bridgehead atoms. The van der Waals surface area contributed by atoms with Gasteiger partial charge in [-0.2, -0.15) is 0 Å². The molecule has 1 fully saturated rings. The van der Waals surface area contributed by atoms with Gasteiger partial charge in [0, 0.05) is 13.0 Å². The first-order valence-electron chi connectivity index (χ1n) is 5.54. The normalized spacial score (nSPS) is 12.8. The van der Waals surface area contributed by atoms with Gasteiger partial charge in [-0.15, -0.1) is 0 Å². The minimum atomic E-state index is -0.532. The Morgan fingerprint density at radius 2 is 2.06 bits per heavy atom. The van der Waals surface area contributed by atoms with Gasteiger partial charge in [0.25, 0.3) is 0 Å². The highest BCUT2D eigenvalue weighted by Crippen LogP contribution is 2.00. The van der Waals surface area contributed by atoms with Crippen LogP contribution in [0.2, 0.25) is 0 Å². The number of benzene rings is 1.